The number of aryl methyl sites for hydroxylation is 1. The highest BCUT2D eigenvalue weighted by Gasteiger charge is 2.33. The number of carbonyl (C=O) groups is 1. The Labute approximate surface area is 169 Å². The number of benzene rings is 2. The Kier molecular flexibility index (Phi) is 6.11. The lowest BCUT2D eigenvalue weighted by atomic mass is 10.1. The van der Waals surface area contributed by atoms with Crippen molar-refractivity contribution in [2.24, 2.45) is 0 Å². The zero-order valence-electron chi connectivity index (χ0n) is 14.9. The second kappa shape index (κ2) is 8.19. The Morgan fingerprint density at radius 3 is 2.04 bits per heavy atom. The molecule has 0 atom stereocenters. The molecule has 3 rings (SSSR count). The molecule has 1 amide bonds. The minimum atomic E-state index is -3.81. The Morgan fingerprint density at radius 1 is 0.963 bits per heavy atom. The first-order valence-electron chi connectivity index (χ1n) is 8.67. The van der Waals surface area contributed by atoms with Crippen LogP contribution in [0.15, 0.2) is 47.4 Å². The molecule has 8 heteroatoms. The van der Waals surface area contributed by atoms with E-state index in [0.29, 0.717) is 18.7 Å². The Balaban J connectivity index is 1.72. The number of nitrogens with zero attached hydrogens (tertiary/aromatic N) is 2. The predicted molar refractivity (Wildman–Crippen MR) is 107 cm³/mol. The number of amides is 1. The molecule has 0 saturated carbocycles. The average molecular weight is 427 g/mol. The van der Waals surface area contributed by atoms with Crippen LogP contribution in [0.1, 0.15) is 22.8 Å². The van der Waals surface area contributed by atoms with Crippen LogP contribution in [-0.2, 0) is 16.4 Å². The molecular formula is C19H20Cl2N2O3S. The molecule has 0 spiro atoms. The zero-order chi connectivity index (χ0) is 19.6. The molecule has 144 valence electrons. The molecule has 1 saturated heterocycles. The molecule has 0 N–H and O–H groups in total. The predicted octanol–water partition coefficient (Wildman–Crippen LogP) is 3.70. The van der Waals surface area contributed by atoms with E-state index >= 15 is 0 Å². The molecule has 0 aromatic heterocycles. The summed E-state index contributed by atoms with van der Waals surface area (Å²) in [6, 6.07) is 12.1. The molecule has 0 bridgehead atoms. The van der Waals surface area contributed by atoms with E-state index in [1.165, 1.54) is 22.0 Å². The Hall–Kier alpha value is -1.60. The van der Waals surface area contributed by atoms with Gasteiger partial charge in [0.05, 0.1) is 10.0 Å². The van der Waals surface area contributed by atoms with Crippen molar-refractivity contribution < 1.29 is 13.2 Å². The van der Waals surface area contributed by atoms with Crippen molar-refractivity contribution in [3.8, 4) is 0 Å². The highest BCUT2D eigenvalue weighted by Crippen LogP contribution is 2.32. The molecule has 2 aromatic carbocycles. The van der Waals surface area contributed by atoms with Gasteiger partial charge in [0.25, 0.3) is 5.91 Å². The van der Waals surface area contributed by atoms with Crippen molar-refractivity contribution in [1.29, 1.82) is 0 Å². The van der Waals surface area contributed by atoms with Gasteiger partial charge in [0.1, 0.15) is 4.90 Å². The van der Waals surface area contributed by atoms with Crippen LogP contribution >= 0.6 is 23.2 Å². The van der Waals surface area contributed by atoms with E-state index in [1.54, 1.807) is 11.0 Å². The topological polar surface area (TPSA) is 57.7 Å². The van der Waals surface area contributed by atoms with Gasteiger partial charge in [0, 0.05) is 31.7 Å². The van der Waals surface area contributed by atoms with Crippen LogP contribution in [0.3, 0.4) is 0 Å². The first-order valence-corrected chi connectivity index (χ1v) is 10.9. The molecule has 1 fully saturated rings. The van der Waals surface area contributed by atoms with Gasteiger partial charge in [-0.05, 0) is 36.2 Å². The molecule has 1 heterocycles. The quantitative estimate of drug-likeness (QED) is 0.748. The average Bonchev–Trinajstić information content (AvgIpc) is 2.67. The van der Waals surface area contributed by atoms with Crippen LogP contribution < -0.4 is 0 Å². The fourth-order valence-corrected chi connectivity index (χ4v) is 5.57. The number of hydrogen-bond donors (Lipinski definition) is 0. The van der Waals surface area contributed by atoms with Crippen LogP contribution in [0.25, 0.3) is 0 Å². The number of halogens is 2. The van der Waals surface area contributed by atoms with Gasteiger partial charge in [-0.25, -0.2) is 8.42 Å². The van der Waals surface area contributed by atoms with Crippen molar-refractivity contribution >= 4 is 39.1 Å². The number of sulfonamides is 1. The summed E-state index contributed by atoms with van der Waals surface area (Å²) in [7, 11) is -3.81. The van der Waals surface area contributed by atoms with Gasteiger partial charge in [-0.3, -0.25) is 4.79 Å². The third-order valence-electron chi connectivity index (χ3n) is 4.65. The SMILES string of the molecule is CCc1ccc(C(=O)N2CCN(S(=O)(=O)c3c(Cl)cccc3Cl)CC2)cc1. The van der Waals surface area contributed by atoms with E-state index in [1.807, 2.05) is 24.3 Å². The van der Waals surface area contributed by atoms with Crippen LogP contribution in [0.4, 0.5) is 0 Å². The maximum absolute atomic E-state index is 12.9. The fourth-order valence-electron chi connectivity index (χ4n) is 3.06. The molecule has 5 nitrogen and oxygen atoms in total. The molecule has 2 aromatic rings. The molecular weight excluding hydrogens is 407 g/mol. The maximum atomic E-state index is 12.9. The van der Waals surface area contributed by atoms with Gasteiger partial charge in [-0.1, -0.05) is 48.3 Å². The van der Waals surface area contributed by atoms with E-state index in [9.17, 15) is 13.2 Å². The third kappa shape index (κ3) is 4.14. The van der Waals surface area contributed by atoms with Gasteiger partial charge in [0.2, 0.25) is 10.0 Å². The van der Waals surface area contributed by atoms with Crippen LogP contribution in [-0.4, -0.2) is 49.7 Å². The first kappa shape index (κ1) is 20.1. The minimum Gasteiger partial charge on any atom is -0.336 e. The lowest BCUT2D eigenvalue weighted by molar-refractivity contribution is 0.0698. The van der Waals surface area contributed by atoms with Crippen LogP contribution in [0.2, 0.25) is 10.0 Å². The third-order valence-corrected chi connectivity index (χ3v) is 7.51. The number of piperazine rings is 1. The largest absolute Gasteiger partial charge is 0.336 e. The first-order chi connectivity index (χ1) is 12.8. The van der Waals surface area contributed by atoms with Gasteiger partial charge in [-0.15, -0.1) is 0 Å². The zero-order valence-corrected chi connectivity index (χ0v) is 17.2. The van der Waals surface area contributed by atoms with E-state index in [-0.39, 0.29) is 33.9 Å². The van der Waals surface area contributed by atoms with E-state index in [4.69, 9.17) is 23.2 Å². The van der Waals surface area contributed by atoms with E-state index in [2.05, 4.69) is 6.92 Å². The lowest BCUT2D eigenvalue weighted by Crippen LogP contribution is -2.50. The monoisotopic (exact) mass is 426 g/mol. The summed E-state index contributed by atoms with van der Waals surface area (Å²) in [5.41, 5.74) is 1.77. The smallest absolute Gasteiger partial charge is 0.253 e. The fraction of sp³-hybridized carbons (Fsp3) is 0.316. The number of carbonyl (C=O) groups excluding carboxylic acids is 1. The van der Waals surface area contributed by atoms with Crippen molar-refractivity contribution in [3.63, 3.8) is 0 Å². The maximum Gasteiger partial charge on any atom is 0.253 e. The van der Waals surface area contributed by atoms with Crippen LogP contribution in [0, 0.1) is 0 Å². The van der Waals surface area contributed by atoms with Gasteiger partial charge in [-0.2, -0.15) is 4.31 Å². The number of hydrogen-bond acceptors (Lipinski definition) is 3. The summed E-state index contributed by atoms with van der Waals surface area (Å²) >= 11 is 12.1. The summed E-state index contributed by atoms with van der Waals surface area (Å²) in [5.74, 6) is -0.0922. The molecule has 0 aliphatic carbocycles. The molecule has 0 unspecified atom stereocenters. The van der Waals surface area contributed by atoms with Crippen molar-refractivity contribution in [1.82, 2.24) is 9.21 Å². The van der Waals surface area contributed by atoms with E-state index < -0.39 is 10.0 Å². The van der Waals surface area contributed by atoms with Gasteiger partial charge in [0.15, 0.2) is 0 Å². The molecule has 27 heavy (non-hydrogen) atoms. The Morgan fingerprint density at radius 2 is 1.52 bits per heavy atom. The van der Waals surface area contributed by atoms with Gasteiger partial charge < -0.3 is 4.90 Å². The summed E-state index contributed by atoms with van der Waals surface area (Å²) < 4.78 is 27.1. The molecule has 0 radical (unpaired) electrons. The Bertz CT molecular complexity index is 918. The second-order valence-corrected chi connectivity index (χ2v) is 8.99. The minimum absolute atomic E-state index is 0.0803. The molecule has 1 aliphatic heterocycles. The van der Waals surface area contributed by atoms with Crippen molar-refractivity contribution in [2.45, 2.75) is 18.2 Å². The standard InChI is InChI=1S/C19H20Cl2N2O3S/c1-2-14-6-8-15(9-7-14)19(24)22-10-12-23(13-11-22)27(25,26)18-16(20)4-3-5-17(18)21/h3-9H,2,10-13H2,1H3. The second-order valence-electron chi connectivity index (χ2n) is 6.30. The van der Waals surface area contributed by atoms with Crippen molar-refractivity contribution in [3.05, 3.63) is 63.6 Å². The number of rotatable bonds is 4. The summed E-state index contributed by atoms with van der Waals surface area (Å²) in [6.45, 7) is 3.08. The summed E-state index contributed by atoms with van der Waals surface area (Å²) in [5, 5.41) is 0.189. The summed E-state index contributed by atoms with van der Waals surface area (Å²) in [6.07, 6.45) is 0.912. The summed E-state index contributed by atoms with van der Waals surface area (Å²) in [4.78, 5) is 14.2. The highest BCUT2D eigenvalue weighted by molar-refractivity contribution is 7.89. The van der Waals surface area contributed by atoms with E-state index in [0.717, 1.165) is 6.42 Å². The lowest BCUT2D eigenvalue weighted by Gasteiger charge is -2.34. The molecule has 1 aliphatic rings. The normalized spacial score (nSPS) is 15.7. The highest BCUT2D eigenvalue weighted by atomic mass is 35.5. The van der Waals surface area contributed by atoms with Gasteiger partial charge >= 0.3 is 0 Å². The van der Waals surface area contributed by atoms with Crippen molar-refractivity contribution in [2.75, 3.05) is 26.2 Å². The van der Waals surface area contributed by atoms with Crippen LogP contribution in [0.5, 0.6) is 0 Å².